The SMILES string of the molecule is C=Cc1cccc(C(C)C)c1-n1c(=O)nc(N2CCN(C(=O)OC(C)(C)C)C[C@@H]2C)c2cc(Cl)c(-c3c(N)cccc3F)nc21. The van der Waals surface area contributed by atoms with Gasteiger partial charge in [-0.1, -0.05) is 62.4 Å². The lowest BCUT2D eigenvalue weighted by Crippen LogP contribution is -2.55. The first-order valence-electron chi connectivity index (χ1n) is 14.9. The summed E-state index contributed by atoms with van der Waals surface area (Å²) >= 11 is 6.83. The summed E-state index contributed by atoms with van der Waals surface area (Å²) in [6.45, 7) is 16.5. The number of pyridine rings is 1. The highest BCUT2D eigenvalue weighted by Crippen LogP contribution is 2.38. The number of nitrogen functional groups attached to an aromatic ring is 1. The average molecular weight is 633 g/mol. The third-order valence-electron chi connectivity index (χ3n) is 7.80. The Balaban J connectivity index is 1.76. The van der Waals surface area contributed by atoms with E-state index < -0.39 is 23.2 Å². The molecule has 45 heavy (non-hydrogen) atoms. The molecule has 9 nitrogen and oxygen atoms in total. The van der Waals surface area contributed by atoms with Crippen molar-refractivity contribution in [3.05, 3.63) is 81.5 Å². The molecule has 0 aliphatic carbocycles. The second-order valence-electron chi connectivity index (χ2n) is 12.6. The van der Waals surface area contributed by atoms with Gasteiger partial charge in [-0.3, -0.25) is 0 Å². The van der Waals surface area contributed by atoms with Gasteiger partial charge < -0.3 is 20.3 Å². The lowest BCUT2D eigenvalue weighted by Gasteiger charge is -2.41. The number of nitrogens with two attached hydrogens (primary N) is 1. The normalized spacial score (nSPS) is 15.5. The number of fused-ring (bicyclic) bond motifs is 1. The Bertz CT molecular complexity index is 1850. The fourth-order valence-corrected chi connectivity index (χ4v) is 5.97. The van der Waals surface area contributed by atoms with Crippen molar-refractivity contribution in [1.82, 2.24) is 19.4 Å². The Labute approximate surface area is 267 Å². The van der Waals surface area contributed by atoms with Crippen molar-refractivity contribution in [3.63, 3.8) is 0 Å². The quantitative estimate of drug-likeness (QED) is 0.235. The first-order valence-corrected chi connectivity index (χ1v) is 15.3. The van der Waals surface area contributed by atoms with E-state index in [4.69, 9.17) is 27.1 Å². The molecule has 0 unspecified atom stereocenters. The summed E-state index contributed by atoms with van der Waals surface area (Å²) in [7, 11) is 0. The van der Waals surface area contributed by atoms with E-state index in [1.54, 1.807) is 23.1 Å². The molecular formula is C34H38ClFN6O3. The Morgan fingerprint density at radius 2 is 1.89 bits per heavy atom. The van der Waals surface area contributed by atoms with Crippen molar-refractivity contribution < 1.29 is 13.9 Å². The second-order valence-corrected chi connectivity index (χ2v) is 13.0. The maximum atomic E-state index is 15.2. The van der Waals surface area contributed by atoms with Gasteiger partial charge in [0.05, 0.1) is 27.4 Å². The van der Waals surface area contributed by atoms with E-state index in [2.05, 4.69) is 11.6 Å². The van der Waals surface area contributed by atoms with Crippen molar-refractivity contribution in [2.45, 2.75) is 59.1 Å². The van der Waals surface area contributed by atoms with Gasteiger partial charge in [-0.2, -0.15) is 4.98 Å². The van der Waals surface area contributed by atoms with Crippen LogP contribution >= 0.6 is 11.6 Å². The second kappa shape index (κ2) is 12.2. The van der Waals surface area contributed by atoms with E-state index in [1.807, 2.05) is 64.6 Å². The van der Waals surface area contributed by atoms with Gasteiger partial charge >= 0.3 is 11.8 Å². The van der Waals surface area contributed by atoms with Crippen LogP contribution in [-0.4, -0.2) is 56.8 Å². The summed E-state index contributed by atoms with van der Waals surface area (Å²) in [6, 6.07) is 11.5. The molecule has 0 saturated carbocycles. The molecule has 1 atom stereocenters. The van der Waals surface area contributed by atoms with E-state index >= 15 is 4.39 Å². The summed E-state index contributed by atoms with van der Waals surface area (Å²) in [5.41, 5.74) is 7.74. The number of benzene rings is 2. The van der Waals surface area contributed by atoms with Gasteiger partial charge in [-0.15, -0.1) is 0 Å². The number of para-hydroxylation sites is 1. The lowest BCUT2D eigenvalue weighted by molar-refractivity contribution is 0.0218. The van der Waals surface area contributed by atoms with E-state index in [9.17, 15) is 9.59 Å². The number of anilines is 2. The van der Waals surface area contributed by atoms with Crippen LogP contribution in [0.25, 0.3) is 34.1 Å². The predicted molar refractivity (Wildman–Crippen MR) is 179 cm³/mol. The molecule has 1 saturated heterocycles. The molecule has 4 aromatic rings. The Morgan fingerprint density at radius 3 is 2.51 bits per heavy atom. The van der Waals surface area contributed by atoms with Crippen molar-refractivity contribution >= 4 is 46.3 Å². The smallest absolute Gasteiger partial charge is 0.410 e. The number of halogens is 2. The average Bonchev–Trinajstić information content (AvgIpc) is 2.96. The first-order chi connectivity index (χ1) is 21.2. The van der Waals surface area contributed by atoms with Crippen LogP contribution in [0.15, 0.2) is 53.8 Å². The maximum Gasteiger partial charge on any atom is 0.410 e. The topological polar surface area (TPSA) is 107 Å². The molecule has 2 aromatic carbocycles. The van der Waals surface area contributed by atoms with Crippen LogP contribution in [0.2, 0.25) is 5.02 Å². The highest BCUT2D eigenvalue weighted by molar-refractivity contribution is 6.34. The minimum atomic E-state index is -0.627. The Morgan fingerprint density at radius 1 is 1.18 bits per heavy atom. The summed E-state index contributed by atoms with van der Waals surface area (Å²) in [5, 5.41) is 0.637. The number of ether oxygens (including phenoxy) is 1. The molecule has 3 heterocycles. The van der Waals surface area contributed by atoms with Gasteiger partial charge in [0.25, 0.3) is 0 Å². The summed E-state index contributed by atoms with van der Waals surface area (Å²) in [4.78, 5) is 40.1. The van der Waals surface area contributed by atoms with Crippen LogP contribution in [0.5, 0.6) is 0 Å². The number of rotatable bonds is 5. The van der Waals surface area contributed by atoms with Gasteiger partial charge in [-0.25, -0.2) is 23.5 Å². The van der Waals surface area contributed by atoms with E-state index in [0.29, 0.717) is 42.1 Å². The molecule has 1 amide bonds. The van der Waals surface area contributed by atoms with Crippen molar-refractivity contribution in [2.24, 2.45) is 0 Å². The third kappa shape index (κ3) is 6.11. The highest BCUT2D eigenvalue weighted by atomic mass is 35.5. The number of amides is 1. The number of hydrogen-bond donors (Lipinski definition) is 1. The number of hydrogen-bond acceptors (Lipinski definition) is 7. The molecule has 0 spiro atoms. The van der Waals surface area contributed by atoms with Crippen LogP contribution in [-0.2, 0) is 4.74 Å². The van der Waals surface area contributed by atoms with E-state index in [0.717, 1.165) is 5.56 Å². The van der Waals surface area contributed by atoms with Crippen LogP contribution in [0.3, 0.4) is 0 Å². The van der Waals surface area contributed by atoms with Crippen LogP contribution < -0.4 is 16.3 Å². The minimum Gasteiger partial charge on any atom is -0.444 e. The predicted octanol–water partition coefficient (Wildman–Crippen LogP) is 7.03. The van der Waals surface area contributed by atoms with Crippen molar-refractivity contribution in [2.75, 3.05) is 30.3 Å². The summed E-state index contributed by atoms with van der Waals surface area (Å²) in [6.07, 6.45) is 1.28. The molecule has 0 bridgehead atoms. The number of carbonyl (C=O) groups excluding carboxylic acids is 1. The number of nitrogens with zero attached hydrogens (tertiary/aromatic N) is 5. The number of aromatic nitrogens is 3. The zero-order chi connectivity index (χ0) is 32.8. The van der Waals surface area contributed by atoms with E-state index in [1.165, 1.54) is 16.7 Å². The van der Waals surface area contributed by atoms with E-state index in [-0.39, 0.29) is 39.6 Å². The fraction of sp³-hybridized carbons (Fsp3) is 0.353. The highest BCUT2D eigenvalue weighted by Gasteiger charge is 2.33. The number of piperazine rings is 1. The molecule has 5 rings (SSSR count). The lowest BCUT2D eigenvalue weighted by atomic mass is 9.97. The van der Waals surface area contributed by atoms with Gasteiger partial charge in [-0.05, 0) is 62.9 Å². The maximum absolute atomic E-state index is 15.2. The van der Waals surface area contributed by atoms with Crippen molar-refractivity contribution in [1.29, 1.82) is 0 Å². The van der Waals surface area contributed by atoms with Gasteiger partial charge in [0, 0.05) is 31.4 Å². The van der Waals surface area contributed by atoms with Crippen LogP contribution in [0, 0.1) is 5.82 Å². The molecule has 1 aliphatic rings. The monoisotopic (exact) mass is 632 g/mol. The molecule has 1 fully saturated rings. The fourth-order valence-electron chi connectivity index (χ4n) is 5.73. The van der Waals surface area contributed by atoms with Crippen LogP contribution in [0.4, 0.5) is 20.7 Å². The van der Waals surface area contributed by atoms with Gasteiger partial charge in [0.15, 0.2) is 5.65 Å². The molecular weight excluding hydrogens is 595 g/mol. The molecule has 1 aliphatic heterocycles. The third-order valence-corrected chi connectivity index (χ3v) is 8.09. The standard InChI is InChI=1S/C34H38ClFN6O3/c1-8-21-11-9-12-22(19(2)3)29(21)42-31-23(17-24(35)28(38-31)27-25(36)13-10-14-26(27)37)30(39-32(42)43)41-16-15-40(18-20(41)4)33(44)45-34(5,6)7/h8-14,17,19-20H,1,15-16,18,37H2,2-7H3/t20-/m0/s1. The minimum absolute atomic E-state index is 0.0384. The van der Waals surface area contributed by atoms with Gasteiger partial charge in [0.1, 0.15) is 17.2 Å². The first kappa shape index (κ1) is 32.0. The largest absolute Gasteiger partial charge is 0.444 e. The summed E-state index contributed by atoms with van der Waals surface area (Å²) in [5.74, 6) is -0.183. The van der Waals surface area contributed by atoms with Crippen LogP contribution in [0.1, 0.15) is 58.6 Å². The molecule has 2 N–H and O–H groups in total. The molecule has 0 radical (unpaired) electrons. The van der Waals surface area contributed by atoms with Crippen molar-refractivity contribution in [3.8, 4) is 16.9 Å². The Kier molecular flexibility index (Phi) is 8.64. The Hall–Kier alpha value is -4.44. The zero-order valence-corrected chi connectivity index (χ0v) is 27.2. The van der Waals surface area contributed by atoms with Gasteiger partial charge in [0.2, 0.25) is 0 Å². The zero-order valence-electron chi connectivity index (χ0n) is 26.4. The molecule has 236 valence electrons. The molecule has 11 heteroatoms. The summed E-state index contributed by atoms with van der Waals surface area (Å²) < 4.78 is 22.2. The molecule has 2 aromatic heterocycles. The number of carbonyl (C=O) groups is 1.